The van der Waals surface area contributed by atoms with Gasteiger partial charge in [-0.15, -0.1) is 0 Å². The fourth-order valence-corrected chi connectivity index (χ4v) is 3.12. The van der Waals surface area contributed by atoms with Gasteiger partial charge in [-0.2, -0.15) is 0 Å². The van der Waals surface area contributed by atoms with Gasteiger partial charge in [-0.3, -0.25) is 9.78 Å². The molecule has 2 heterocycles. The molecular weight excluding hydrogens is 359 g/mol. The molecule has 0 unspecified atom stereocenters. The van der Waals surface area contributed by atoms with Gasteiger partial charge in [0.15, 0.2) is 11.6 Å². The van der Waals surface area contributed by atoms with E-state index in [1.165, 1.54) is 0 Å². The number of halogens is 1. The molecule has 0 aromatic carbocycles. The quantitative estimate of drug-likeness (QED) is 0.728. The molecule has 1 atom stereocenters. The number of nitrogens with one attached hydrogen (secondary N) is 1. The van der Waals surface area contributed by atoms with Gasteiger partial charge in [-0.1, -0.05) is 20.3 Å². The molecule has 0 aliphatic heterocycles. The van der Waals surface area contributed by atoms with E-state index in [1.54, 1.807) is 12.4 Å². The molecule has 0 spiro atoms. The molecule has 1 saturated carbocycles. The molecule has 1 aliphatic rings. The Balaban J connectivity index is 2.00. The van der Waals surface area contributed by atoms with E-state index in [0.717, 1.165) is 36.6 Å². The van der Waals surface area contributed by atoms with Crippen LogP contribution in [0.5, 0.6) is 0 Å². The van der Waals surface area contributed by atoms with E-state index in [2.05, 4.69) is 20.3 Å². The third-order valence-electron chi connectivity index (χ3n) is 4.79. The molecule has 2 aromatic heterocycles. The fourth-order valence-electron chi connectivity index (χ4n) is 3.12. The predicted molar refractivity (Wildman–Crippen MR) is 108 cm³/mol. The van der Waals surface area contributed by atoms with Crippen molar-refractivity contribution in [1.29, 1.82) is 0 Å². The minimum absolute atomic E-state index is 0.0515. The Labute approximate surface area is 163 Å². The van der Waals surface area contributed by atoms with Gasteiger partial charge in [-0.05, 0) is 42.9 Å². The molecule has 1 aliphatic carbocycles. The highest BCUT2D eigenvalue weighted by Gasteiger charge is 2.20. The Kier molecular flexibility index (Phi) is 5.99. The van der Waals surface area contributed by atoms with Crippen LogP contribution in [-0.2, 0) is 0 Å². The molecule has 28 heavy (non-hydrogen) atoms. The standard InChI is InChI=1S/C20H25FN6O/c1-11(2)12-7-13(10-24-9-12)25-19-14(18(23)28)8-15(21)20(27-19)26-17-6-4-3-5-16(17)22/h7-11,16H,3-6,22H2,1-2H3,(H2,23,28)(H,25,27)/t16-/m0/s1. The number of amides is 1. The van der Waals surface area contributed by atoms with Crippen LogP contribution >= 0.6 is 0 Å². The number of pyridine rings is 2. The van der Waals surface area contributed by atoms with Gasteiger partial charge in [0.1, 0.15) is 5.82 Å². The van der Waals surface area contributed by atoms with Crippen molar-refractivity contribution < 1.29 is 9.18 Å². The summed E-state index contributed by atoms with van der Waals surface area (Å²) in [5, 5.41) is 3.02. The lowest BCUT2D eigenvalue weighted by Gasteiger charge is -2.20. The van der Waals surface area contributed by atoms with Gasteiger partial charge in [0.2, 0.25) is 0 Å². The van der Waals surface area contributed by atoms with Crippen LogP contribution < -0.4 is 16.8 Å². The van der Waals surface area contributed by atoms with Gasteiger partial charge in [-0.25, -0.2) is 14.4 Å². The van der Waals surface area contributed by atoms with Gasteiger partial charge < -0.3 is 16.8 Å². The number of hydrogen-bond donors (Lipinski definition) is 3. The number of nitrogens with zero attached hydrogens (tertiary/aromatic N) is 3. The average Bonchev–Trinajstić information content (AvgIpc) is 2.66. The number of aliphatic imine (C=N–C) groups is 1. The first-order valence-electron chi connectivity index (χ1n) is 9.40. The first-order valence-corrected chi connectivity index (χ1v) is 9.40. The van der Waals surface area contributed by atoms with Gasteiger partial charge in [0.25, 0.3) is 5.91 Å². The van der Waals surface area contributed by atoms with Crippen LogP contribution in [0.2, 0.25) is 0 Å². The maximum atomic E-state index is 14.5. The topological polar surface area (TPSA) is 119 Å². The number of anilines is 2. The molecule has 5 N–H and O–H groups in total. The highest BCUT2D eigenvalue weighted by Crippen LogP contribution is 2.27. The van der Waals surface area contributed by atoms with Crippen molar-refractivity contribution in [3.8, 4) is 0 Å². The van der Waals surface area contributed by atoms with Crippen LogP contribution in [0.15, 0.2) is 29.5 Å². The summed E-state index contributed by atoms with van der Waals surface area (Å²) < 4.78 is 14.5. The van der Waals surface area contributed by atoms with Gasteiger partial charge >= 0.3 is 0 Å². The highest BCUT2D eigenvalue weighted by molar-refractivity contribution is 5.99. The van der Waals surface area contributed by atoms with Crippen LogP contribution in [0.4, 0.5) is 21.7 Å². The van der Waals surface area contributed by atoms with Crippen LogP contribution in [-0.4, -0.2) is 27.6 Å². The first kappa shape index (κ1) is 19.9. The maximum Gasteiger partial charge on any atom is 0.252 e. The van der Waals surface area contributed by atoms with E-state index >= 15 is 0 Å². The lowest BCUT2D eigenvalue weighted by atomic mass is 9.94. The molecule has 1 amide bonds. The normalized spacial score (nSPS) is 18.5. The van der Waals surface area contributed by atoms with Crippen molar-refractivity contribution in [3.63, 3.8) is 0 Å². The minimum atomic E-state index is -0.782. The van der Waals surface area contributed by atoms with E-state index in [0.29, 0.717) is 12.1 Å². The number of carbonyl (C=O) groups excluding carboxylic acids is 1. The van der Waals surface area contributed by atoms with Crippen LogP contribution in [0.3, 0.4) is 0 Å². The molecule has 148 valence electrons. The predicted octanol–water partition coefficient (Wildman–Crippen LogP) is 3.56. The monoisotopic (exact) mass is 384 g/mol. The van der Waals surface area contributed by atoms with Crippen molar-refractivity contribution in [1.82, 2.24) is 9.97 Å². The Bertz CT molecular complexity index is 912. The van der Waals surface area contributed by atoms with Crippen molar-refractivity contribution in [2.45, 2.75) is 51.5 Å². The molecule has 7 nitrogen and oxygen atoms in total. The number of hydrogen-bond acceptors (Lipinski definition) is 6. The first-order chi connectivity index (χ1) is 13.3. The summed E-state index contributed by atoms with van der Waals surface area (Å²) in [6.07, 6.45) is 6.89. The van der Waals surface area contributed by atoms with Crippen LogP contribution in [0.25, 0.3) is 0 Å². The summed E-state index contributed by atoms with van der Waals surface area (Å²) in [5.41, 5.74) is 13.8. The van der Waals surface area contributed by atoms with E-state index in [1.807, 2.05) is 19.9 Å². The lowest BCUT2D eigenvalue weighted by Crippen LogP contribution is -2.33. The van der Waals surface area contributed by atoms with E-state index in [9.17, 15) is 9.18 Å². The Morgan fingerprint density at radius 2 is 2.11 bits per heavy atom. The third kappa shape index (κ3) is 4.51. The number of primary amides is 1. The summed E-state index contributed by atoms with van der Waals surface area (Å²) in [6.45, 7) is 4.10. The van der Waals surface area contributed by atoms with Gasteiger partial charge in [0.05, 0.1) is 17.4 Å². The molecule has 1 fully saturated rings. The van der Waals surface area contributed by atoms with E-state index < -0.39 is 11.7 Å². The summed E-state index contributed by atoms with van der Waals surface area (Å²) in [4.78, 5) is 24.6. The summed E-state index contributed by atoms with van der Waals surface area (Å²) in [6, 6.07) is 2.76. The van der Waals surface area contributed by atoms with Crippen molar-refractivity contribution in [3.05, 3.63) is 41.5 Å². The maximum absolute atomic E-state index is 14.5. The lowest BCUT2D eigenvalue weighted by molar-refractivity contribution is 0.100. The second-order valence-corrected chi connectivity index (χ2v) is 7.30. The molecular formula is C20H25FN6O. The zero-order valence-electron chi connectivity index (χ0n) is 16.1. The second-order valence-electron chi connectivity index (χ2n) is 7.30. The van der Waals surface area contributed by atoms with Gasteiger partial charge in [0, 0.05) is 18.0 Å². The SMILES string of the molecule is CC(C)c1cncc(Nc2nc(N=C3CCCC[C@@H]3N)c(F)cc2C(N)=O)c1. The van der Waals surface area contributed by atoms with Crippen LogP contribution in [0.1, 0.15) is 61.4 Å². The zero-order chi connectivity index (χ0) is 20.3. The Morgan fingerprint density at radius 3 is 2.79 bits per heavy atom. The molecule has 0 bridgehead atoms. The fraction of sp³-hybridized carbons (Fsp3) is 0.400. The Morgan fingerprint density at radius 1 is 1.32 bits per heavy atom. The highest BCUT2D eigenvalue weighted by atomic mass is 19.1. The molecule has 2 aromatic rings. The minimum Gasteiger partial charge on any atom is -0.365 e. The number of rotatable bonds is 5. The van der Waals surface area contributed by atoms with Crippen molar-refractivity contribution in [2.24, 2.45) is 16.5 Å². The Hall–Kier alpha value is -2.87. The molecule has 3 rings (SSSR count). The molecule has 0 radical (unpaired) electrons. The summed E-state index contributed by atoms with van der Waals surface area (Å²) in [7, 11) is 0. The third-order valence-corrected chi connectivity index (χ3v) is 4.79. The number of nitrogens with two attached hydrogens (primary N) is 2. The van der Waals surface area contributed by atoms with Crippen LogP contribution in [0, 0.1) is 5.82 Å². The zero-order valence-corrected chi connectivity index (χ0v) is 16.1. The molecule has 8 heteroatoms. The summed E-state index contributed by atoms with van der Waals surface area (Å²) in [5.74, 6) is -1.18. The second kappa shape index (κ2) is 8.43. The van der Waals surface area contributed by atoms with Crippen molar-refractivity contribution in [2.75, 3.05) is 5.32 Å². The number of carbonyl (C=O) groups is 1. The smallest absolute Gasteiger partial charge is 0.252 e. The molecule has 0 saturated heterocycles. The largest absolute Gasteiger partial charge is 0.365 e. The number of aromatic nitrogens is 2. The average molecular weight is 384 g/mol. The summed E-state index contributed by atoms with van der Waals surface area (Å²) >= 11 is 0. The van der Waals surface area contributed by atoms with E-state index in [4.69, 9.17) is 11.5 Å². The van der Waals surface area contributed by atoms with E-state index in [-0.39, 0.29) is 29.2 Å². The van der Waals surface area contributed by atoms with Crippen molar-refractivity contribution >= 4 is 28.9 Å².